The van der Waals surface area contributed by atoms with Gasteiger partial charge in [-0.05, 0) is 83.6 Å². The third-order valence-electron chi connectivity index (χ3n) is 13.3. The minimum Gasteiger partial charge on any atom is -0.378 e. The number of aromatic amines is 2. The molecule has 4 aromatic carbocycles. The smallest absolute Gasteiger partial charge is 0.275 e. The van der Waals surface area contributed by atoms with E-state index in [9.17, 15) is 9.59 Å². The first kappa shape index (κ1) is 43.2. The molecule has 0 unspecified atom stereocenters. The van der Waals surface area contributed by atoms with E-state index in [0.717, 1.165) is 71.2 Å². The molecule has 4 aliphatic rings. The molecule has 12 nitrogen and oxygen atoms in total. The van der Waals surface area contributed by atoms with Gasteiger partial charge in [0.15, 0.2) is 11.4 Å². The van der Waals surface area contributed by atoms with Gasteiger partial charge in [-0.2, -0.15) is 10.2 Å². The lowest BCUT2D eigenvalue weighted by Gasteiger charge is -2.35. The Morgan fingerprint density at radius 1 is 0.569 bits per heavy atom. The molecule has 6 aromatic rings. The van der Waals surface area contributed by atoms with Crippen molar-refractivity contribution in [2.75, 3.05) is 89.1 Å². The normalized spacial score (nSPS) is 16.1. The van der Waals surface area contributed by atoms with Crippen LogP contribution in [0.3, 0.4) is 0 Å². The summed E-state index contributed by atoms with van der Waals surface area (Å²) < 4.78 is 0. The molecule has 0 atom stereocenters. The zero-order valence-electron chi connectivity index (χ0n) is 38.8. The molecule has 2 fully saturated rings. The fourth-order valence-corrected chi connectivity index (χ4v) is 9.12. The molecule has 3 N–H and O–H groups in total. The minimum atomic E-state index is -0.373. The van der Waals surface area contributed by atoms with Crippen LogP contribution in [0.4, 0.5) is 22.7 Å². The van der Waals surface area contributed by atoms with Gasteiger partial charge in [0.1, 0.15) is 0 Å². The van der Waals surface area contributed by atoms with E-state index in [1.165, 1.54) is 22.3 Å². The van der Waals surface area contributed by atoms with Crippen LogP contribution in [0.15, 0.2) is 109 Å². The summed E-state index contributed by atoms with van der Waals surface area (Å²) in [5, 5.41) is 18.3. The number of hydrogen-bond acceptors (Lipinski definition) is 8. The highest BCUT2D eigenvalue weighted by Gasteiger charge is 2.40. The fourth-order valence-electron chi connectivity index (χ4n) is 9.12. The van der Waals surface area contributed by atoms with Crippen LogP contribution in [-0.4, -0.2) is 113 Å². The van der Waals surface area contributed by atoms with E-state index in [1.807, 2.05) is 4.90 Å². The number of hydrogen-bond donors (Lipinski definition) is 3. The summed E-state index contributed by atoms with van der Waals surface area (Å²) in [7, 11) is 16.5. The van der Waals surface area contributed by atoms with Crippen LogP contribution in [0.25, 0.3) is 12.2 Å². The van der Waals surface area contributed by atoms with Gasteiger partial charge in [0.25, 0.3) is 11.8 Å². The number of H-pyrrole nitrogens is 2. The molecule has 3 aliphatic carbocycles. The van der Waals surface area contributed by atoms with Crippen molar-refractivity contribution in [2.24, 2.45) is 0 Å². The average Bonchev–Trinajstić information content (AvgIpc) is 4.26. The highest BCUT2D eigenvalue weighted by molar-refractivity contribution is 5.98. The van der Waals surface area contributed by atoms with Crippen LogP contribution in [0, 0.1) is 0 Å². The summed E-state index contributed by atoms with van der Waals surface area (Å²) in [4.78, 5) is 35.7. The molecular weight excluding hydrogens is 809 g/mol. The second-order valence-corrected chi connectivity index (χ2v) is 18.7. The van der Waals surface area contributed by atoms with E-state index in [1.54, 1.807) is 0 Å². The van der Waals surface area contributed by atoms with Crippen LogP contribution in [-0.2, 0) is 23.7 Å². The molecule has 65 heavy (non-hydrogen) atoms. The number of carbonyl (C=O) groups excluding carboxylic acids is 2. The molecule has 334 valence electrons. The lowest BCUT2D eigenvalue weighted by molar-refractivity contribution is 0.0879. The number of nitrogens with zero attached hydrogens (tertiary/aromatic N) is 7. The maximum atomic E-state index is 12.7. The highest BCUT2D eigenvalue weighted by atomic mass is 16.2. The van der Waals surface area contributed by atoms with Crippen molar-refractivity contribution < 1.29 is 9.59 Å². The van der Waals surface area contributed by atoms with Gasteiger partial charge < -0.3 is 29.8 Å². The molecule has 0 spiro atoms. The van der Waals surface area contributed by atoms with Gasteiger partial charge >= 0.3 is 0 Å². The number of carbonyl (C=O) groups is 2. The molecule has 0 bridgehead atoms. The Balaban J connectivity index is 0.000000164. The van der Waals surface area contributed by atoms with E-state index in [-0.39, 0.29) is 22.6 Å². The molecule has 10 rings (SSSR count). The fraction of sp³-hybridized carbons (Fsp3) is 0.321. The number of fused-ring (bicyclic) bond motifs is 2. The van der Waals surface area contributed by atoms with Crippen molar-refractivity contribution >= 4 is 46.7 Å². The summed E-state index contributed by atoms with van der Waals surface area (Å²) in [5.74, 6) is -0.0692. The molecule has 1 saturated heterocycles. The third kappa shape index (κ3) is 8.41. The van der Waals surface area contributed by atoms with E-state index in [2.05, 4.69) is 223 Å². The minimum absolute atomic E-state index is 0.0175. The predicted molar refractivity (Wildman–Crippen MR) is 264 cm³/mol. The van der Waals surface area contributed by atoms with Crippen molar-refractivity contribution in [1.29, 1.82) is 0 Å². The van der Waals surface area contributed by atoms with E-state index < -0.39 is 0 Å². The van der Waals surface area contributed by atoms with E-state index in [0.29, 0.717) is 30.3 Å². The number of amides is 2. The van der Waals surface area contributed by atoms with Gasteiger partial charge in [-0.3, -0.25) is 19.8 Å². The number of aromatic nitrogens is 4. The molecule has 3 heterocycles. The van der Waals surface area contributed by atoms with E-state index in [4.69, 9.17) is 0 Å². The van der Waals surface area contributed by atoms with Gasteiger partial charge in [0.2, 0.25) is 0 Å². The van der Waals surface area contributed by atoms with Crippen molar-refractivity contribution in [2.45, 2.75) is 42.6 Å². The Hall–Kier alpha value is -7.08. The van der Waals surface area contributed by atoms with Gasteiger partial charge in [0.05, 0.1) is 0 Å². The van der Waals surface area contributed by atoms with Crippen molar-refractivity contribution in [3.05, 3.63) is 165 Å². The summed E-state index contributed by atoms with van der Waals surface area (Å²) in [6, 6.07) is 35.1. The first-order chi connectivity index (χ1) is 31.3. The largest absolute Gasteiger partial charge is 0.378 e. The highest BCUT2D eigenvalue weighted by Crippen LogP contribution is 2.45. The first-order valence-electron chi connectivity index (χ1n) is 22.5. The Morgan fingerprint density at radius 2 is 0.938 bits per heavy atom. The maximum absolute atomic E-state index is 12.7. The van der Waals surface area contributed by atoms with Crippen LogP contribution in [0.1, 0.15) is 78.6 Å². The average molecular weight is 869 g/mol. The van der Waals surface area contributed by atoms with Gasteiger partial charge in [-0.1, -0.05) is 72.8 Å². The second kappa shape index (κ2) is 17.1. The Kier molecular flexibility index (Phi) is 11.4. The molecule has 1 saturated carbocycles. The van der Waals surface area contributed by atoms with Crippen LogP contribution < -0.4 is 24.9 Å². The molecule has 2 amide bonds. The summed E-state index contributed by atoms with van der Waals surface area (Å²) in [6.07, 6.45) is 12.2. The lowest BCUT2D eigenvalue weighted by Crippen LogP contribution is -2.32. The van der Waals surface area contributed by atoms with Crippen LogP contribution in [0.2, 0.25) is 0 Å². The summed E-state index contributed by atoms with van der Waals surface area (Å²) >= 11 is 0. The van der Waals surface area contributed by atoms with Crippen LogP contribution >= 0.6 is 0 Å². The zero-order valence-corrected chi connectivity index (χ0v) is 38.8. The zero-order chi connectivity index (χ0) is 45.6. The molecule has 12 heteroatoms. The third-order valence-corrected chi connectivity index (χ3v) is 13.3. The summed E-state index contributed by atoms with van der Waals surface area (Å²) in [6.45, 7) is 1.64. The monoisotopic (exact) mass is 868 g/mol. The van der Waals surface area contributed by atoms with Crippen molar-refractivity contribution in [3.8, 4) is 0 Å². The number of benzene rings is 4. The standard InChI is InChI=1S/C27H31N5O.C26H29N5O/c1-31(2)21-9-5-7-18(15-21)27(19-8-6-10-22(16-19)32(3)4)14-13-23-24(17-27)29-30-25(23)26(33)28-20-11-12-20;1-29(2)20-9-5-7-18(15-20)26(19-8-6-10-21(16-19)30(3)4)12-11-22-23(17-26)27-28-24(22)25(32)31-13-14-31/h5-10,13-16,20H,11-12,17H2,1-4H3,(H,28,33)(H,29,30);5-12,15-16H,13-14,17H2,1-4H3,(H,27,28). The Bertz CT molecular complexity index is 2700. The van der Waals surface area contributed by atoms with Gasteiger partial charge in [-0.15, -0.1) is 0 Å². The Labute approximate surface area is 382 Å². The van der Waals surface area contributed by atoms with Gasteiger partial charge in [-0.25, -0.2) is 0 Å². The number of nitrogens with one attached hydrogen (secondary N) is 3. The topological polar surface area (TPSA) is 120 Å². The first-order valence-corrected chi connectivity index (χ1v) is 22.5. The Morgan fingerprint density at radius 3 is 1.29 bits per heavy atom. The van der Waals surface area contributed by atoms with Crippen molar-refractivity contribution in [1.82, 2.24) is 30.6 Å². The quantitative estimate of drug-likeness (QED) is 0.114. The summed E-state index contributed by atoms with van der Waals surface area (Å²) in [5.41, 5.74) is 13.6. The molecule has 2 aromatic heterocycles. The maximum Gasteiger partial charge on any atom is 0.275 e. The van der Waals surface area contributed by atoms with Crippen molar-refractivity contribution in [3.63, 3.8) is 0 Å². The lowest BCUT2D eigenvalue weighted by atomic mass is 9.68. The number of allylic oxidation sites excluding steroid dienone is 2. The molecule has 1 aliphatic heterocycles. The van der Waals surface area contributed by atoms with E-state index >= 15 is 0 Å². The SMILES string of the molecule is CN(C)c1cccc(C2(c3cccc(N(C)C)c3)C=Cc3c(C(=O)N4CC4)n[nH]c3C2)c1.CN(C)c1cccc(C2(c3cccc(N(C)C)c3)C=Cc3c(C(=O)NC4CC4)n[nH]c3C2)c1. The number of anilines is 4. The van der Waals surface area contributed by atoms with Gasteiger partial charge in [0, 0.05) is 144 Å². The predicted octanol–water partition coefficient (Wildman–Crippen LogP) is 7.54. The molecule has 0 radical (unpaired) electrons. The molecular formula is C53H60N10O2. The number of rotatable bonds is 11. The second-order valence-electron chi connectivity index (χ2n) is 18.7. The van der Waals surface area contributed by atoms with Crippen LogP contribution in [0.5, 0.6) is 0 Å².